The van der Waals surface area contributed by atoms with Crippen molar-refractivity contribution in [1.82, 2.24) is 24.3 Å². The summed E-state index contributed by atoms with van der Waals surface area (Å²) in [7, 11) is 0. The molecule has 0 aliphatic heterocycles. The summed E-state index contributed by atoms with van der Waals surface area (Å²) < 4.78 is 4.01. The first-order valence-electron chi connectivity index (χ1n) is 7.01. The molecule has 3 rings (SSSR count). The first-order valence-corrected chi connectivity index (χ1v) is 7.01. The zero-order chi connectivity index (χ0) is 14.7. The smallest absolute Gasteiger partial charge is 0.146 e. The fraction of sp³-hybridized carbons (Fsp3) is 0.267. The molecule has 6 heteroatoms. The molecule has 0 unspecified atom stereocenters. The molecule has 0 spiro atoms. The first kappa shape index (κ1) is 13.4. The van der Waals surface area contributed by atoms with E-state index in [0.717, 1.165) is 35.9 Å². The van der Waals surface area contributed by atoms with Crippen LogP contribution in [-0.4, -0.2) is 24.3 Å². The van der Waals surface area contributed by atoms with Crippen molar-refractivity contribution in [2.45, 2.75) is 26.4 Å². The summed E-state index contributed by atoms with van der Waals surface area (Å²) in [6.07, 6.45) is 6.39. The van der Waals surface area contributed by atoms with E-state index < -0.39 is 0 Å². The van der Waals surface area contributed by atoms with Crippen molar-refractivity contribution >= 4 is 5.69 Å². The maximum absolute atomic E-state index is 5.73. The van der Waals surface area contributed by atoms with Gasteiger partial charge < -0.3 is 10.3 Å². The van der Waals surface area contributed by atoms with Gasteiger partial charge in [-0.15, -0.1) is 0 Å². The van der Waals surface area contributed by atoms with E-state index in [0.29, 0.717) is 6.54 Å². The maximum Gasteiger partial charge on any atom is 0.146 e. The van der Waals surface area contributed by atoms with Crippen LogP contribution in [0.5, 0.6) is 0 Å². The molecule has 21 heavy (non-hydrogen) atoms. The van der Waals surface area contributed by atoms with Crippen molar-refractivity contribution in [1.29, 1.82) is 0 Å². The predicted molar refractivity (Wildman–Crippen MR) is 81.5 cm³/mol. The van der Waals surface area contributed by atoms with E-state index in [1.807, 2.05) is 35.1 Å². The van der Waals surface area contributed by atoms with Crippen molar-refractivity contribution < 1.29 is 0 Å². The van der Waals surface area contributed by atoms with Crippen LogP contribution in [0.4, 0.5) is 5.69 Å². The Hall–Kier alpha value is -2.63. The van der Waals surface area contributed by atoms with Crippen LogP contribution < -0.4 is 5.73 Å². The van der Waals surface area contributed by atoms with Gasteiger partial charge in [-0.3, -0.25) is 0 Å². The average molecular weight is 282 g/mol. The lowest BCUT2D eigenvalue weighted by molar-refractivity contribution is 0.555. The number of hydrogen-bond acceptors (Lipinski definition) is 4. The first-order chi connectivity index (χ1) is 10.3. The molecular weight excluding hydrogens is 264 g/mol. The van der Waals surface area contributed by atoms with E-state index in [1.54, 1.807) is 12.5 Å². The molecule has 0 aliphatic carbocycles. The number of rotatable bonds is 5. The standard InChI is InChI=1S/C15H18N6/c1-2-8-21-14(18-11-19-21)10-20-9-7-17-15(20)12-3-5-13(16)6-4-12/h3-7,9,11H,2,8,10,16H2,1H3. The fourth-order valence-electron chi connectivity index (χ4n) is 2.29. The van der Waals surface area contributed by atoms with Crippen LogP contribution >= 0.6 is 0 Å². The van der Waals surface area contributed by atoms with Crippen LogP contribution in [0, 0.1) is 0 Å². The van der Waals surface area contributed by atoms with Crippen LogP contribution in [0.1, 0.15) is 19.2 Å². The lowest BCUT2D eigenvalue weighted by Crippen LogP contribution is -2.10. The van der Waals surface area contributed by atoms with Crippen molar-refractivity contribution in [3.8, 4) is 11.4 Å². The van der Waals surface area contributed by atoms with Gasteiger partial charge in [-0.2, -0.15) is 5.10 Å². The SMILES string of the molecule is CCCn1ncnc1Cn1ccnc1-c1ccc(N)cc1. The second-order valence-corrected chi connectivity index (χ2v) is 4.90. The van der Waals surface area contributed by atoms with Crippen molar-refractivity contribution in [2.24, 2.45) is 0 Å². The van der Waals surface area contributed by atoms with E-state index >= 15 is 0 Å². The molecule has 0 saturated heterocycles. The van der Waals surface area contributed by atoms with Gasteiger partial charge in [0.2, 0.25) is 0 Å². The van der Waals surface area contributed by atoms with Gasteiger partial charge in [-0.05, 0) is 30.7 Å². The largest absolute Gasteiger partial charge is 0.399 e. The third-order valence-corrected chi connectivity index (χ3v) is 3.33. The molecular formula is C15H18N6. The van der Waals surface area contributed by atoms with Gasteiger partial charge >= 0.3 is 0 Å². The molecule has 0 aliphatic rings. The Balaban J connectivity index is 1.89. The molecule has 0 atom stereocenters. The number of nitrogen functional groups attached to an aromatic ring is 1. The zero-order valence-corrected chi connectivity index (χ0v) is 12.0. The minimum absolute atomic E-state index is 0.652. The molecule has 2 N–H and O–H groups in total. The average Bonchev–Trinajstić information content (AvgIpc) is 3.11. The van der Waals surface area contributed by atoms with Crippen LogP contribution in [0.2, 0.25) is 0 Å². The third kappa shape index (κ3) is 2.79. The topological polar surface area (TPSA) is 74.5 Å². The molecule has 2 heterocycles. The predicted octanol–water partition coefficient (Wildman–Crippen LogP) is 2.18. The second-order valence-electron chi connectivity index (χ2n) is 4.90. The van der Waals surface area contributed by atoms with Crippen LogP contribution in [-0.2, 0) is 13.1 Å². The number of imidazole rings is 1. The highest BCUT2D eigenvalue weighted by Gasteiger charge is 2.10. The number of nitrogens with two attached hydrogens (primary N) is 1. The number of anilines is 1. The van der Waals surface area contributed by atoms with Crippen molar-refractivity contribution in [2.75, 3.05) is 5.73 Å². The summed E-state index contributed by atoms with van der Waals surface area (Å²) in [5.74, 6) is 1.84. The van der Waals surface area contributed by atoms with E-state index in [9.17, 15) is 0 Å². The molecule has 0 fully saturated rings. The van der Waals surface area contributed by atoms with Gasteiger partial charge in [0, 0.05) is 30.2 Å². The number of benzene rings is 1. The fourth-order valence-corrected chi connectivity index (χ4v) is 2.29. The molecule has 0 saturated carbocycles. The summed E-state index contributed by atoms with van der Waals surface area (Å²) >= 11 is 0. The van der Waals surface area contributed by atoms with E-state index in [-0.39, 0.29) is 0 Å². The van der Waals surface area contributed by atoms with E-state index in [4.69, 9.17) is 5.73 Å². The Labute approximate surface area is 123 Å². The highest BCUT2D eigenvalue weighted by molar-refractivity contribution is 5.59. The lowest BCUT2D eigenvalue weighted by Gasteiger charge is -2.09. The summed E-state index contributed by atoms with van der Waals surface area (Å²) in [5, 5.41) is 4.26. The monoisotopic (exact) mass is 282 g/mol. The normalized spacial score (nSPS) is 10.9. The maximum atomic E-state index is 5.73. The Morgan fingerprint density at radius 2 is 1.95 bits per heavy atom. The van der Waals surface area contributed by atoms with Gasteiger partial charge in [0.25, 0.3) is 0 Å². The molecule has 6 nitrogen and oxygen atoms in total. The van der Waals surface area contributed by atoms with Gasteiger partial charge in [-0.25, -0.2) is 14.6 Å². The molecule has 0 radical (unpaired) electrons. The van der Waals surface area contributed by atoms with Crippen molar-refractivity contribution in [3.05, 3.63) is 48.8 Å². The van der Waals surface area contributed by atoms with Gasteiger partial charge in [0.05, 0.1) is 6.54 Å². The van der Waals surface area contributed by atoms with Crippen LogP contribution in [0.15, 0.2) is 43.0 Å². The second kappa shape index (κ2) is 5.78. The quantitative estimate of drug-likeness (QED) is 0.728. The molecule has 0 bridgehead atoms. The highest BCUT2D eigenvalue weighted by Crippen LogP contribution is 2.19. The molecule has 108 valence electrons. The summed E-state index contributed by atoms with van der Waals surface area (Å²) in [5.41, 5.74) is 7.52. The van der Waals surface area contributed by atoms with Crippen LogP contribution in [0.3, 0.4) is 0 Å². The van der Waals surface area contributed by atoms with Gasteiger partial charge in [0.15, 0.2) is 0 Å². The van der Waals surface area contributed by atoms with Gasteiger partial charge in [0.1, 0.15) is 18.0 Å². The van der Waals surface area contributed by atoms with Gasteiger partial charge in [-0.1, -0.05) is 6.92 Å². The summed E-state index contributed by atoms with van der Waals surface area (Å²) in [6.45, 7) is 3.66. The molecule has 3 aromatic rings. The minimum atomic E-state index is 0.652. The molecule has 1 aromatic carbocycles. The summed E-state index contributed by atoms with van der Waals surface area (Å²) in [4.78, 5) is 8.78. The number of hydrogen-bond donors (Lipinski definition) is 1. The number of nitrogens with zero attached hydrogens (tertiary/aromatic N) is 5. The van der Waals surface area contributed by atoms with Crippen LogP contribution in [0.25, 0.3) is 11.4 Å². The summed E-state index contributed by atoms with van der Waals surface area (Å²) in [6, 6.07) is 7.72. The Morgan fingerprint density at radius 1 is 1.14 bits per heavy atom. The number of aryl methyl sites for hydroxylation is 1. The number of aromatic nitrogens is 5. The minimum Gasteiger partial charge on any atom is -0.399 e. The molecule has 0 amide bonds. The Bertz CT molecular complexity index is 710. The molecule has 2 aromatic heterocycles. The van der Waals surface area contributed by atoms with E-state index in [2.05, 4.69) is 26.6 Å². The van der Waals surface area contributed by atoms with E-state index in [1.165, 1.54) is 0 Å². The van der Waals surface area contributed by atoms with Crippen molar-refractivity contribution in [3.63, 3.8) is 0 Å². The third-order valence-electron chi connectivity index (χ3n) is 3.33. The zero-order valence-electron chi connectivity index (χ0n) is 12.0. The highest BCUT2D eigenvalue weighted by atomic mass is 15.3. The lowest BCUT2D eigenvalue weighted by atomic mass is 10.2. The Kier molecular flexibility index (Phi) is 3.68. The Morgan fingerprint density at radius 3 is 2.71 bits per heavy atom.